The van der Waals surface area contributed by atoms with E-state index in [-0.39, 0.29) is 63.2 Å². The van der Waals surface area contributed by atoms with E-state index in [4.69, 9.17) is 0 Å². The van der Waals surface area contributed by atoms with Gasteiger partial charge in [-0.15, -0.1) is 0 Å². The Balaban J connectivity index is 0.00000144. The first-order valence-electron chi connectivity index (χ1n) is 4.06. The van der Waals surface area contributed by atoms with Crippen molar-refractivity contribution in [1.82, 2.24) is 0 Å². The minimum absolute atomic E-state index is 0. The number of nitrogens with one attached hydrogen (secondary N) is 1. The van der Waals surface area contributed by atoms with E-state index in [1.165, 1.54) is 0 Å². The molecule has 0 aliphatic heterocycles. The molecule has 1 amide bonds. The molecule has 65 valence electrons. The molecule has 0 atom stereocenters. The van der Waals surface area contributed by atoms with E-state index in [1.54, 1.807) is 0 Å². The maximum Gasteiger partial charge on any atom is 0.226 e. The molecule has 1 aromatic carbocycles. The molecule has 13 heavy (non-hydrogen) atoms. The number of benzene rings is 1. The van der Waals surface area contributed by atoms with Crippen LogP contribution >= 0.6 is 0 Å². The van der Waals surface area contributed by atoms with Crippen LogP contribution in [0.1, 0.15) is 13.8 Å². The minimum Gasteiger partial charge on any atom is -0.326 e. The van der Waals surface area contributed by atoms with Gasteiger partial charge < -0.3 is 5.32 Å². The largest absolute Gasteiger partial charge is 0.326 e. The van der Waals surface area contributed by atoms with Crippen molar-refractivity contribution in [2.45, 2.75) is 13.8 Å². The van der Waals surface area contributed by atoms with Crippen molar-refractivity contribution >= 4 is 63.0 Å². The summed E-state index contributed by atoms with van der Waals surface area (Å²) in [4.78, 5) is 11.2. The maximum atomic E-state index is 11.2. The zero-order valence-corrected chi connectivity index (χ0v) is 11.5. The molecule has 0 bridgehead atoms. The second kappa shape index (κ2) is 6.73. The molecular formula is C10H13KNO. The monoisotopic (exact) mass is 202 g/mol. The van der Waals surface area contributed by atoms with Crippen LogP contribution in [0.2, 0.25) is 0 Å². The average Bonchev–Trinajstić information content (AvgIpc) is 2.06. The summed E-state index contributed by atoms with van der Waals surface area (Å²) < 4.78 is 0. The van der Waals surface area contributed by atoms with E-state index < -0.39 is 0 Å². The number of hydrogen-bond donors (Lipinski definition) is 1. The summed E-state index contributed by atoms with van der Waals surface area (Å²) in [6, 6.07) is 9.47. The Hall–Kier alpha value is 0.326. The molecule has 0 unspecified atom stereocenters. The maximum absolute atomic E-state index is 11.2. The predicted octanol–water partition coefficient (Wildman–Crippen LogP) is 1.90. The van der Waals surface area contributed by atoms with Gasteiger partial charge in [0.25, 0.3) is 0 Å². The number of amides is 1. The van der Waals surface area contributed by atoms with E-state index in [0.717, 1.165) is 5.69 Å². The van der Waals surface area contributed by atoms with Crippen LogP contribution in [0.5, 0.6) is 0 Å². The standard InChI is InChI=1S/C10H13NO.K/c1-8(2)10(12)11-9-6-4-3-5-7-9;/h3-8H,1-2H3,(H,11,12);. The number of rotatable bonds is 2. The Morgan fingerprint density at radius 1 is 1.23 bits per heavy atom. The van der Waals surface area contributed by atoms with Crippen LogP contribution in [0.4, 0.5) is 5.69 Å². The van der Waals surface area contributed by atoms with Gasteiger partial charge >= 0.3 is 0 Å². The van der Waals surface area contributed by atoms with Crippen molar-refractivity contribution < 1.29 is 4.79 Å². The fourth-order valence-electron chi connectivity index (χ4n) is 0.808. The van der Waals surface area contributed by atoms with E-state index in [9.17, 15) is 4.79 Å². The quantitative estimate of drug-likeness (QED) is 0.729. The SMILES string of the molecule is CC(C)C(=O)Nc1ccccc1.[K]. The summed E-state index contributed by atoms with van der Waals surface area (Å²) in [5.74, 6) is 0.0893. The van der Waals surface area contributed by atoms with E-state index >= 15 is 0 Å². The second-order valence-electron chi connectivity index (χ2n) is 3.01. The molecule has 0 aliphatic rings. The Labute approximate surface area is 122 Å². The molecule has 1 rings (SSSR count). The Kier molecular flexibility index (Phi) is 6.90. The minimum atomic E-state index is 0. The van der Waals surface area contributed by atoms with Gasteiger partial charge in [-0.05, 0) is 12.1 Å². The van der Waals surface area contributed by atoms with Crippen molar-refractivity contribution in [1.29, 1.82) is 0 Å². The fraction of sp³-hybridized carbons (Fsp3) is 0.300. The fourth-order valence-corrected chi connectivity index (χ4v) is 0.808. The number of carbonyl (C=O) groups is 1. The molecule has 1 radical (unpaired) electrons. The van der Waals surface area contributed by atoms with Crippen LogP contribution in [-0.4, -0.2) is 57.3 Å². The summed E-state index contributed by atoms with van der Waals surface area (Å²) in [7, 11) is 0. The van der Waals surface area contributed by atoms with Crippen LogP contribution in [-0.2, 0) is 4.79 Å². The molecule has 0 saturated heterocycles. The van der Waals surface area contributed by atoms with Crippen molar-refractivity contribution in [3.63, 3.8) is 0 Å². The number of carbonyl (C=O) groups excluding carboxylic acids is 1. The van der Waals surface area contributed by atoms with Crippen molar-refractivity contribution in [2.24, 2.45) is 5.92 Å². The van der Waals surface area contributed by atoms with Crippen molar-refractivity contribution in [2.75, 3.05) is 5.32 Å². The van der Waals surface area contributed by atoms with Crippen LogP contribution in [0.25, 0.3) is 0 Å². The van der Waals surface area contributed by atoms with Crippen molar-refractivity contribution in [3.8, 4) is 0 Å². The summed E-state index contributed by atoms with van der Waals surface area (Å²) in [5.41, 5.74) is 0.858. The van der Waals surface area contributed by atoms with Gasteiger partial charge in [-0.3, -0.25) is 4.79 Å². The van der Waals surface area contributed by atoms with Gasteiger partial charge in [0.2, 0.25) is 5.91 Å². The van der Waals surface area contributed by atoms with E-state index in [0.29, 0.717) is 0 Å². The Morgan fingerprint density at radius 2 is 1.77 bits per heavy atom. The molecule has 3 heteroatoms. The molecule has 0 heterocycles. The molecule has 1 aromatic rings. The number of hydrogen-bond acceptors (Lipinski definition) is 1. The van der Waals surface area contributed by atoms with Gasteiger partial charge in [0, 0.05) is 63.0 Å². The topological polar surface area (TPSA) is 29.1 Å². The molecule has 0 aromatic heterocycles. The van der Waals surface area contributed by atoms with Gasteiger partial charge in [0.1, 0.15) is 0 Å². The van der Waals surface area contributed by atoms with Gasteiger partial charge in [0.15, 0.2) is 0 Å². The number of para-hydroxylation sites is 1. The molecular weight excluding hydrogens is 189 g/mol. The first-order valence-corrected chi connectivity index (χ1v) is 4.06. The van der Waals surface area contributed by atoms with Crippen LogP contribution < -0.4 is 5.32 Å². The van der Waals surface area contributed by atoms with E-state index in [1.807, 2.05) is 44.2 Å². The number of anilines is 1. The summed E-state index contributed by atoms with van der Waals surface area (Å²) >= 11 is 0. The third-order valence-electron chi connectivity index (χ3n) is 1.57. The molecule has 1 N–H and O–H groups in total. The average molecular weight is 202 g/mol. The Morgan fingerprint density at radius 3 is 2.23 bits per heavy atom. The Bertz CT molecular complexity index is 259. The summed E-state index contributed by atoms with van der Waals surface area (Å²) in [6.07, 6.45) is 0. The van der Waals surface area contributed by atoms with Crippen LogP contribution in [0.3, 0.4) is 0 Å². The molecule has 0 spiro atoms. The van der Waals surface area contributed by atoms with Gasteiger partial charge in [-0.1, -0.05) is 32.0 Å². The zero-order chi connectivity index (χ0) is 8.97. The second-order valence-corrected chi connectivity index (χ2v) is 3.01. The predicted molar refractivity (Wildman–Crippen MR) is 55.7 cm³/mol. The van der Waals surface area contributed by atoms with E-state index in [2.05, 4.69) is 5.32 Å². The van der Waals surface area contributed by atoms with Crippen molar-refractivity contribution in [3.05, 3.63) is 30.3 Å². The first-order chi connectivity index (χ1) is 5.70. The summed E-state index contributed by atoms with van der Waals surface area (Å²) in [6.45, 7) is 3.75. The third kappa shape index (κ3) is 4.93. The zero-order valence-electron chi connectivity index (χ0n) is 8.37. The normalized spacial score (nSPS) is 9.15. The van der Waals surface area contributed by atoms with Gasteiger partial charge in [0.05, 0.1) is 0 Å². The molecule has 2 nitrogen and oxygen atoms in total. The third-order valence-corrected chi connectivity index (χ3v) is 1.57. The first kappa shape index (κ1) is 13.3. The molecule has 0 fully saturated rings. The van der Waals surface area contributed by atoms with Gasteiger partial charge in [-0.25, -0.2) is 0 Å². The smallest absolute Gasteiger partial charge is 0.226 e. The van der Waals surface area contributed by atoms with Crippen LogP contribution in [0.15, 0.2) is 30.3 Å². The summed E-state index contributed by atoms with van der Waals surface area (Å²) in [5, 5.41) is 2.80. The van der Waals surface area contributed by atoms with Gasteiger partial charge in [-0.2, -0.15) is 0 Å². The van der Waals surface area contributed by atoms with Crippen LogP contribution in [0, 0.1) is 5.92 Å². The molecule has 0 saturated carbocycles. The molecule has 0 aliphatic carbocycles.